The van der Waals surface area contributed by atoms with E-state index in [0.29, 0.717) is 5.71 Å². The van der Waals surface area contributed by atoms with Crippen molar-refractivity contribution in [3.05, 3.63) is 22.7 Å². The van der Waals surface area contributed by atoms with E-state index in [9.17, 15) is 0 Å². The number of allylic oxidation sites excluding steroid dienone is 2. The molecule has 0 amide bonds. The fourth-order valence-electron chi connectivity index (χ4n) is 0.592. The van der Waals surface area contributed by atoms with Crippen LogP contribution >= 0.6 is 15.9 Å². The third kappa shape index (κ3) is 1.50. The predicted octanol–water partition coefficient (Wildman–Crippen LogP) is 1.18. The van der Waals surface area contributed by atoms with Crippen molar-refractivity contribution in [3.63, 3.8) is 0 Å². The molecular formula is C6H7BrN2. The summed E-state index contributed by atoms with van der Waals surface area (Å²) < 4.78 is 0.911. The zero-order valence-electron chi connectivity index (χ0n) is 4.76. The molecule has 0 radical (unpaired) electrons. The number of nitrogens with one attached hydrogen (secondary N) is 1. The molecule has 1 atom stereocenters. The summed E-state index contributed by atoms with van der Waals surface area (Å²) in [4.78, 5) is 0. The van der Waals surface area contributed by atoms with Gasteiger partial charge in [-0.05, 0) is 12.2 Å². The van der Waals surface area contributed by atoms with E-state index >= 15 is 0 Å². The van der Waals surface area contributed by atoms with Gasteiger partial charge in [-0.3, -0.25) is 0 Å². The highest BCUT2D eigenvalue weighted by Gasteiger charge is 2.06. The second-order valence-corrected chi connectivity index (χ2v) is 2.79. The fourth-order valence-corrected chi connectivity index (χ4v) is 0.991. The lowest BCUT2D eigenvalue weighted by atomic mass is 10.1. The molecule has 0 aromatic carbocycles. The van der Waals surface area contributed by atoms with Crippen molar-refractivity contribution in [2.75, 3.05) is 0 Å². The summed E-state index contributed by atoms with van der Waals surface area (Å²) in [5.74, 6) is 0. The molecule has 2 nitrogen and oxygen atoms in total. The second-order valence-electron chi connectivity index (χ2n) is 1.87. The van der Waals surface area contributed by atoms with Gasteiger partial charge in [-0.2, -0.15) is 0 Å². The van der Waals surface area contributed by atoms with E-state index in [0.717, 1.165) is 4.48 Å². The lowest BCUT2D eigenvalue weighted by Crippen LogP contribution is -2.27. The van der Waals surface area contributed by atoms with Crippen LogP contribution in [0.1, 0.15) is 0 Å². The molecule has 1 aliphatic carbocycles. The maximum Gasteiger partial charge on any atom is 0.0652 e. The Hall–Kier alpha value is -0.410. The van der Waals surface area contributed by atoms with E-state index in [1.165, 1.54) is 0 Å². The van der Waals surface area contributed by atoms with Crippen LogP contribution in [0.25, 0.3) is 0 Å². The molecular weight excluding hydrogens is 180 g/mol. The largest absolute Gasteiger partial charge is 0.319 e. The van der Waals surface area contributed by atoms with Crippen LogP contribution in [0.15, 0.2) is 22.7 Å². The van der Waals surface area contributed by atoms with E-state index < -0.39 is 0 Å². The van der Waals surface area contributed by atoms with Gasteiger partial charge in [0.2, 0.25) is 0 Å². The van der Waals surface area contributed by atoms with Gasteiger partial charge in [0.1, 0.15) is 0 Å². The molecule has 0 saturated heterocycles. The first-order valence-electron chi connectivity index (χ1n) is 2.59. The Bertz CT molecular complexity index is 193. The fraction of sp³-hybridized carbons (Fsp3) is 0.167. The van der Waals surface area contributed by atoms with Crippen LogP contribution in [0.2, 0.25) is 0 Å². The summed E-state index contributed by atoms with van der Waals surface area (Å²) in [7, 11) is 0. The third-order valence-electron chi connectivity index (χ3n) is 1.12. The van der Waals surface area contributed by atoms with Crippen molar-refractivity contribution in [1.82, 2.24) is 0 Å². The van der Waals surface area contributed by atoms with Gasteiger partial charge < -0.3 is 11.1 Å². The van der Waals surface area contributed by atoms with Crippen LogP contribution in [0.3, 0.4) is 0 Å². The van der Waals surface area contributed by atoms with Crippen LogP contribution in [-0.4, -0.2) is 11.8 Å². The van der Waals surface area contributed by atoms with Crippen molar-refractivity contribution < 1.29 is 0 Å². The summed E-state index contributed by atoms with van der Waals surface area (Å²) in [5, 5.41) is 7.24. The Morgan fingerprint density at radius 3 is 2.78 bits per heavy atom. The Labute approximate surface area is 62.1 Å². The first-order chi connectivity index (χ1) is 4.20. The Morgan fingerprint density at radius 1 is 1.67 bits per heavy atom. The van der Waals surface area contributed by atoms with Gasteiger partial charge in [-0.1, -0.05) is 22.0 Å². The topological polar surface area (TPSA) is 49.9 Å². The highest BCUT2D eigenvalue weighted by molar-refractivity contribution is 9.11. The molecule has 0 aromatic heterocycles. The number of nitrogens with two attached hydrogens (primary N) is 1. The Kier molecular flexibility index (Phi) is 1.83. The minimum absolute atomic E-state index is 0.216. The first-order valence-corrected chi connectivity index (χ1v) is 3.39. The van der Waals surface area contributed by atoms with Crippen LogP contribution in [0, 0.1) is 5.41 Å². The summed E-state index contributed by atoms with van der Waals surface area (Å²) in [6.45, 7) is 0. The standard InChI is InChI=1S/C6H7BrN2/c7-4-1-2-5(8)6(9)3-4/h1-3,5,9H,8H2. The van der Waals surface area contributed by atoms with Crippen molar-refractivity contribution in [3.8, 4) is 0 Å². The molecule has 3 heteroatoms. The average Bonchev–Trinajstić information content (AvgIpc) is 1.80. The molecule has 0 bridgehead atoms. The molecule has 0 spiro atoms. The SMILES string of the molecule is N=C1C=C(Br)C=CC1N. The normalized spacial score (nSPS) is 26.2. The molecule has 1 aliphatic rings. The second kappa shape index (κ2) is 2.45. The lowest BCUT2D eigenvalue weighted by molar-refractivity contribution is 1.06. The average molecular weight is 187 g/mol. The van der Waals surface area contributed by atoms with Crippen LogP contribution in [-0.2, 0) is 0 Å². The lowest BCUT2D eigenvalue weighted by Gasteiger charge is -2.08. The van der Waals surface area contributed by atoms with Crippen molar-refractivity contribution >= 4 is 21.6 Å². The predicted molar refractivity (Wildman–Crippen MR) is 41.9 cm³/mol. The van der Waals surface area contributed by atoms with Gasteiger partial charge in [-0.25, -0.2) is 0 Å². The Morgan fingerprint density at radius 2 is 2.33 bits per heavy atom. The van der Waals surface area contributed by atoms with Crippen LogP contribution in [0.4, 0.5) is 0 Å². The van der Waals surface area contributed by atoms with Crippen LogP contribution in [0.5, 0.6) is 0 Å². The zero-order valence-corrected chi connectivity index (χ0v) is 6.35. The summed E-state index contributed by atoms with van der Waals surface area (Å²) in [6, 6.07) is -0.216. The molecule has 0 heterocycles. The van der Waals surface area contributed by atoms with Gasteiger partial charge in [0.15, 0.2) is 0 Å². The summed E-state index contributed by atoms with van der Waals surface area (Å²) in [6.07, 6.45) is 5.33. The quantitative estimate of drug-likeness (QED) is 0.587. The van der Waals surface area contributed by atoms with Gasteiger partial charge in [0, 0.05) is 4.48 Å². The van der Waals surface area contributed by atoms with E-state index in [-0.39, 0.29) is 6.04 Å². The van der Waals surface area contributed by atoms with Crippen molar-refractivity contribution in [2.24, 2.45) is 5.73 Å². The molecule has 48 valence electrons. The van der Waals surface area contributed by atoms with Gasteiger partial charge in [-0.15, -0.1) is 0 Å². The van der Waals surface area contributed by atoms with Crippen molar-refractivity contribution in [1.29, 1.82) is 5.41 Å². The van der Waals surface area contributed by atoms with E-state index in [2.05, 4.69) is 15.9 Å². The molecule has 0 aromatic rings. The maximum atomic E-state index is 7.24. The van der Waals surface area contributed by atoms with Crippen LogP contribution < -0.4 is 5.73 Å². The van der Waals surface area contributed by atoms with Crippen molar-refractivity contribution in [2.45, 2.75) is 6.04 Å². The zero-order chi connectivity index (χ0) is 6.85. The number of halogens is 1. The molecule has 0 aliphatic heterocycles. The van der Waals surface area contributed by atoms with Gasteiger partial charge in [0.25, 0.3) is 0 Å². The Balaban J connectivity index is 2.82. The smallest absolute Gasteiger partial charge is 0.0652 e. The van der Waals surface area contributed by atoms with Gasteiger partial charge >= 0.3 is 0 Å². The monoisotopic (exact) mass is 186 g/mol. The molecule has 9 heavy (non-hydrogen) atoms. The van der Waals surface area contributed by atoms with E-state index in [1.54, 1.807) is 12.2 Å². The number of hydrogen-bond donors (Lipinski definition) is 2. The minimum Gasteiger partial charge on any atom is -0.319 e. The molecule has 1 rings (SSSR count). The van der Waals surface area contributed by atoms with E-state index in [1.807, 2.05) is 6.08 Å². The highest BCUT2D eigenvalue weighted by Crippen LogP contribution is 2.11. The molecule has 0 fully saturated rings. The minimum atomic E-state index is -0.216. The van der Waals surface area contributed by atoms with E-state index in [4.69, 9.17) is 11.1 Å². The number of rotatable bonds is 0. The first kappa shape index (κ1) is 6.71. The van der Waals surface area contributed by atoms with Gasteiger partial charge in [0.05, 0.1) is 11.8 Å². The third-order valence-corrected chi connectivity index (χ3v) is 1.61. The summed E-state index contributed by atoms with van der Waals surface area (Å²) >= 11 is 3.23. The molecule has 1 unspecified atom stereocenters. The number of hydrogen-bond acceptors (Lipinski definition) is 2. The summed E-state index contributed by atoms with van der Waals surface area (Å²) in [5.41, 5.74) is 5.91. The maximum absolute atomic E-state index is 7.24. The highest BCUT2D eigenvalue weighted by atomic mass is 79.9. The molecule has 3 N–H and O–H groups in total. The molecule has 0 saturated carbocycles.